The van der Waals surface area contributed by atoms with Crippen molar-refractivity contribution < 1.29 is 23.1 Å². The van der Waals surface area contributed by atoms with Crippen LogP contribution in [0.4, 0.5) is 5.69 Å². The molecule has 0 aromatic heterocycles. The molecule has 2 heterocycles. The van der Waals surface area contributed by atoms with E-state index in [-0.39, 0.29) is 23.3 Å². The molecule has 9 heteroatoms. The molecule has 0 spiro atoms. The van der Waals surface area contributed by atoms with Gasteiger partial charge in [-0.1, -0.05) is 36.7 Å². The molecular weight excluding hydrogens is 584 g/mol. The number of fused-ring (bicyclic) bond motifs is 6. The number of aryl methyl sites for hydroxylation is 1. The predicted molar refractivity (Wildman–Crippen MR) is 170 cm³/mol. The van der Waals surface area contributed by atoms with E-state index in [1.807, 2.05) is 25.1 Å². The molecule has 6 rings (SSSR count). The largest absolute Gasteiger partial charge is 0.487 e. The van der Waals surface area contributed by atoms with Gasteiger partial charge in [-0.05, 0) is 123 Å². The lowest BCUT2D eigenvalue weighted by atomic mass is 9.60. The Morgan fingerprint density at radius 3 is 2.72 bits per heavy atom. The molecule has 2 aromatic carbocycles. The Kier molecular flexibility index (Phi) is 8.57. The summed E-state index contributed by atoms with van der Waals surface area (Å²) in [6.07, 6.45) is 11.0. The number of nitrogens with one attached hydrogen (secondary N) is 1. The Balaban J connectivity index is 1.40. The molecule has 6 atom stereocenters. The van der Waals surface area contributed by atoms with Crippen LogP contribution in [-0.4, -0.2) is 43.4 Å². The zero-order valence-corrected chi connectivity index (χ0v) is 26.7. The molecule has 4 bridgehead atoms. The van der Waals surface area contributed by atoms with Gasteiger partial charge in [-0.15, -0.1) is 0 Å². The van der Waals surface area contributed by atoms with Crippen molar-refractivity contribution in [2.75, 3.05) is 18.0 Å². The molecule has 232 valence electrons. The number of nitrogens with zero attached hydrogens (tertiary/aromatic N) is 1. The zero-order valence-electron chi connectivity index (χ0n) is 25.1. The fourth-order valence-electron chi connectivity index (χ4n) is 7.65. The number of hydrogen-bond donors (Lipinski definition) is 2. The molecule has 2 aromatic rings. The first-order valence-electron chi connectivity index (χ1n) is 15.8. The summed E-state index contributed by atoms with van der Waals surface area (Å²) in [4.78, 5) is 15.7. The van der Waals surface area contributed by atoms with E-state index < -0.39 is 26.8 Å². The molecule has 0 unspecified atom stereocenters. The molecule has 1 amide bonds. The van der Waals surface area contributed by atoms with Crippen LogP contribution in [0.3, 0.4) is 0 Å². The van der Waals surface area contributed by atoms with Gasteiger partial charge in [0.15, 0.2) is 0 Å². The van der Waals surface area contributed by atoms with Crippen molar-refractivity contribution in [1.82, 2.24) is 4.72 Å². The summed E-state index contributed by atoms with van der Waals surface area (Å²) < 4.78 is 35.5. The van der Waals surface area contributed by atoms with Crippen molar-refractivity contribution in [2.24, 2.45) is 23.7 Å². The Morgan fingerprint density at radius 2 is 1.93 bits per heavy atom. The van der Waals surface area contributed by atoms with E-state index in [9.17, 15) is 18.3 Å². The van der Waals surface area contributed by atoms with Crippen LogP contribution < -0.4 is 14.4 Å². The van der Waals surface area contributed by atoms with Crippen LogP contribution >= 0.6 is 11.6 Å². The van der Waals surface area contributed by atoms with Crippen LogP contribution in [0, 0.1) is 23.7 Å². The lowest BCUT2D eigenvalue weighted by Crippen LogP contribution is -2.52. The SMILES string of the molecule is C[C@@H]1[C@@H](C)C[C@@H]2C=CC[C@@](O)(C2)[C@@H]2CC[C@H]2CN2CCCCc3cc(Cl)ccc3COc3ccc(cc32)C(=O)NS1(=O)=O. The maximum absolute atomic E-state index is 13.4. The second-order valence-electron chi connectivity index (χ2n) is 13.3. The van der Waals surface area contributed by atoms with E-state index in [1.165, 1.54) is 5.56 Å². The fraction of sp³-hybridized carbons (Fsp3) is 0.559. The third kappa shape index (κ3) is 6.34. The van der Waals surface area contributed by atoms with Crippen LogP contribution in [0.2, 0.25) is 5.02 Å². The smallest absolute Gasteiger partial charge is 0.264 e. The number of anilines is 1. The first-order valence-corrected chi connectivity index (χ1v) is 17.7. The third-order valence-corrected chi connectivity index (χ3v) is 12.6. The molecule has 1 fully saturated rings. The van der Waals surface area contributed by atoms with Gasteiger partial charge in [0.2, 0.25) is 10.0 Å². The average molecular weight is 627 g/mol. The summed E-state index contributed by atoms with van der Waals surface area (Å²) in [5.41, 5.74) is 2.53. The number of benzene rings is 2. The average Bonchev–Trinajstić information content (AvgIpc) is 2.97. The van der Waals surface area contributed by atoms with Crippen LogP contribution in [0.5, 0.6) is 5.75 Å². The Bertz CT molecular complexity index is 1510. The number of allylic oxidation sites excluding steroid dienone is 1. The minimum absolute atomic E-state index is 0.0943. The number of carbonyl (C=O) groups is 1. The lowest BCUT2D eigenvalue weighted by Gasteiger charge is -2.51. The van der Waals surface area contributed by atoms with Crippen LogP contribution in [-0.2, 0) is 23.1 Å². The molecule has 0 radical (unpaired) electrons. The first-order chi connectivity index (χ1) is 20.5. The van der Waals surface area contributed by atoms with Crippen LogP contribution in [0.25, 0.3) is 0 Å². The van der Waals surface area contributed by atoms with Gasteiger partial charge in [0.1, 0.15) is 12.4 Å². The summed E-state index contributed by atoms with van der Waals surface area (Å²) in [5.74, 6) is 0.411. The highest BCUT2D eigenvalue weighted by Crippen LogP contribution is 2.49. The molecule has 2 aliphatic carbocycles. The van der Waals surface area contributed by atoms with Crippen molar-refractivity contribution in [3.63, 3.8) is 0 Å². The molecule has 7 nitrogen and oxygen atoms in total. The Labute approximate surface area is 260 Å². The maximum atomic E-state index is 13.4. The zero-order chi connectivity index (χ0) is 30.4. The number of amides is 1. The highest BCUT2D eigenvalue weighted by Gasteiger charge is 2.48. The number of halogens is 1. The number of rotatable bonds is 0. The van der Waals surface area contributed by atoms with Crippen molar-refractivity contribution in [3.05, 3.63) is 70.3 Å². The molecular formula is C34H43ClN2O5S. The lowest BCUT2D eigenvalue weighted by molar-refractivity contribution is -0.0951. The molecule has 0 saturated heterocycles. The molecule has 4 aliphatic rings. The van der Waals surface area contributed by atoms with Crippen LogP contribution in [0.1, 0.15) is 80.3 Å². The van der Waals surface area contributed by atoms with Gasteiger partial charge in [0.25, 0.3) is 5.91 Å². The van der Waals surface area contributed by atoms with E-state index >= 15 is 0 Å². The number of carbonyl (C=O) groups excluding carboxylic acids is 1. The third-order valence-electron chi connectivity index (χ3n) is 10.5. The summed E-state index contributed by atoms with van der Waals surface area (Å²) in [5, 5.41) is 12.0. The van der Waals surface area contributed by atoms with Crippen molar-refractivity contribution in [1.29, 1.82) is 0 Å². The summed E-state index contributed by atoms with van der Waals surface area (Å²) in [6, 6.07) is 11.1. The number of ether oxygens (including phenoxy) is 1. The second kappa shape index (κ2) is 12.1. The summed E-state index contributed by atoms with van der Waals surface area (Å²) >= 11 is 6.33. The fourth-order valence-corrected chi connectivity index (χ4v) is 9.13. The number of aliphatic hydroxyl groups is 1. The van der Waals surface area contributed by atoms with E-state index in [0.717, 1.165) is 56.4 Å². The van der Waals surface area contributed by atoms with Gasteiger partial charge >= 0.3 is 0 Å². The van der Waals surface area contributed by atoms with Gasteiger partial charge in [-0.3, -0.25) is 4.79 Å². The van der Waals surface area contributed by atoms with Gasteiger partial charge in [-0.25, -0.2) is 13.1 Å². The topological polar surface area (TPSA) is 95.9 Å². The van der Waals surface area contributed by atoms with Gasteiger partial charge in [0, 0.05) is 23.7 Å². The molecule has 1 saturated carbocycles. The van der Waals surface area contributed by atoms with E-state index in [2.05, 4.69) is 21.8 Å². The minimum Gasteiger partial charge on any atom is -0.487 e. The quantitative estimate of drug-likeness (QED) is 0.335. The molecule has 2 aliphatic heterocycles. The van der Waals surface area contributed by atoms with E-state index in [4.69, 9.17) is 16.3 Å². The monoisotopic (exact) mass is 626 g/mol. The first kappa shape index (κ1) is 30.5. The summed E-state index contributed by atoms with van der Waals surface area (Å²) in [6.45, 7) is 5.45. The molecule has 2 N–H and O–H groups in total. The van der Waals surface area contributed by atoms with Gasteiger partial charge in [0.05, 0.1) is 16.5 Å². The highest BCUT2D eigenvalue weighted by atomic mass is 35.5. The van der Waals surface area contributed by atoms with E-state index in [1.54, 1.807) is 25.1 Å². The number of sulfonamides is 1. The van der Waals surface area contributed by atoms with Crippen LogP contribution in [0.15, 0.2) is 48.6 Å². The normalized spacial score (nSPS) is 32.6. The predicted octanol–water partition coefficient (Wildman–Crippen LogP) is 6.27. The van der Waals surface area contributed by atoms with Gasteiger partial charge in [-0.2, -0.15) is 0 Å². The van der Waals surface area contributed by atoms with Crippen molar-refractivity contribution in [3.8, 4) is 5.75 Å². The highest BCUT2D eigenvalue weighted by molar-refractivity contribution is 7.90. The Morgan fingerprint density at radius 1 is 1.09 bits per heavy atom. The Hall–Kier alpha value is -2.55. The summed E-state index contributed by atoms with van der Waals surface area (Å²) in [7, 11) is -3.93. The van der Waals surface area contributed by atoms with E-state index in [0.29, 0.717) is 42.6 Å². The van der Waals surface area contributed by atoms with Gasteiger partial charge < -0.3 is 14.7 Å². The van der Waals surface area contributed by atoms with Crippen molar-refractivity contribution >= 4 is 33.2 Å². The number of hydrogen-bond acceptors (Lipinski definition) is 6. The van der Waals surface area contributed by atoms with Crippen molar-refractivity contribution in [2.45, 2.75) is 82.7 Å². The second-order valence-corrected chi connectivity index (χ2v) is 15.8. The molecule has 43 heavy (non-hydrogen) atoms. The maximum Gasteiger partial charge on any atom is 0.264 e. The minimum atomic E-state index is -3.93. The standard InChI is InChI=1S/C34H43ClN2O5S/c1-22-16-24-6-5-14-34(39,19-24)30-12-9-27(30)20-37-15-4-3-7-25-17-29(35)11-8-28(25)21-42-32-13-10-26(18-31(32)37)33(38)36-43(40,41)23(22)2/h5-6,8,10-11,13,17-18,22-24,27,30,39H,3-4,7,9,12,14-16,19-21H2,1-2H3,(H,36,38)/t22-,23+,24-,27-,30+,34+/m0/s1.